The van der Waals surface area contributed by atoms with Crippen molar-refractivity contribution in [3.8, 4) is 10.7 Å². The lowest BCUT2D eigenvalue weighted by molar-refractivity contribution is 0.0622. The molecule has 0 aliphatic carbocycles. The van der Waals surface area contributed by atoms with Gasteiger partial charge in [-0.15, -0.1) is 11.3 Å². The average molecular weight is 388 g/mol. The zero-order valence-corrected chi connectivity index (χ0v) is 15.6. The summed E-state index contributed by atoms with van der Waals surface area (Å²) < 4.78 is 1.90. The van der Waals surface area contributed by atoms with E-state index in [0.29, 0.717) is 15.8 Å². The number of carbonyl (C=O) groups excluding carboxylic acids is 1. The number of piperidine rings is 3. The van der Waals surface area contributed by atoms with Gasteiger partial charge in [-0.05, 0) is 44.0 Å². The summed E-state index contributed by atoms with van der Waals surface area (Å²) in [5.74, 6) is 0.580. The van der Waals surface area contributed by atoms with Crippen molar-refractivity contribution in [2.45, 2.75) is 18.9 Å². The molecule has 26 heavy (non-hydrogen) atoms. The third-order valence-electron chi connectivity index (χ3n) is 5.39. The van der Waals surface area contributed by atoms with Crippen molar-refractivity contribution in [1.29, 1.82) is 0 Å². The van der Waals surface area contributed by atoms with Crippen LogP contribution in [0.4, 0.5) is 0 Å². The van der Waals surface area contributed by atoms with Gasteiger partial charge >= 0.3 is 0 Å². The fourth-order valence-electron chi connectivity index (χ4n) is 3.98. The molecule has 134 valence electrons. The SMILES string of the molecule is O=C(NC1CN2CCC1CC2)c1cnc(-c2cnc3ccc(Cl)cn23)s1. The summed E-state index contributed by atoms with van der Waals surface area (Å²) in [6.45, 7) is 3.30. The normalized spacial score (nSPS) is 24.9. The number of amides is 1. The minimum absolute atomic E-state index is 0.0284. The fourth-order valence-corrected chi connectivity index (χ4v) is 4.97. The van der Waals surface area contributed by atoms with Gasteiger partial charge in [0, 0.05) is 18.8 Å². The number of rotatable bonds is 3. The number of nitrogens with zero attached hydrogens (tertiary/aromatic N) is 4. The molecule has 8 heteroatoms. The highest BCUT2D eigenvalue weighted by molar-refractivity contribution is 7.16. The van der Waals surface area contributed by atoms with Gasteiger partial charge in [-0.2, -0.15) is 0 Å². The lowest BCUT2D eigenvalue weighted by atomic mass is 9.84. The van der Waals surface area contributed by atoms with Crippen LogP contribution >= 0.6 is 22.9 Å². The molecule has 0 saturated carbocycles. The van der Waals surface area contributed by atoms with E-state index in [9.17, 15) is 4.79 Å². The topological polar surface area (TPSA) is 62.5 Å². The van der Waals surface area contributed by atoms with E-state index in [2.05, 4.69) is 20.2 Å². The molecule has 3 saturated heterocycles. The van der Waals surface area contributed by atoms with Crippen LogP contribution in [0.1, 0.15) is 22.5 Å². The lowest BCUT2D eigenvalue weighted by Gasteiger charge is -2.44. The van der Waals surface area contributed by atoms with Gasteiger partial charge in [0.1, 0.15) is 21.2 Å². The summed E-state index contributed by atoms with van der Waals surface area (Å²) in [7, 11) is 0. The van der Waals surface area contributed by atoms with E-state index < -0.39 is 0 Å². The molecule has 6 heterocycles. The maximum atomic E-state index is 12.7. The summed E-state index contributed by atoms with van der Waals surface area (Å²) in [5, 5.41) is 4.61. The molecule has 1 atom stereocenters. The zero-order chi connectivity index (χ0) is 17.7. The molecule has 3 aliphatic rings. The number of pyridine rings is 1. The smallest absolute Gasteiger partial charge is 0.263 e. The zero-order valence-electron chi connectivity index (χ0n) is 14.1. The van der Waals surface area contributed by atoms with E-state index >= 15 is 0 Å². The molecular formula is C18H18ClN5OS. The maximum absolute atomic E-state index is 12.7. The Morgan fingerprint density at radius 1 is 1.23 bits per heavy atom. The van der Waals surface area contributed by atoms with Gasteiger partial charge in [-0.3, -0.25) is 9.20 Å². The highest BCUT2D eigenvalue weighted by atomic mass is 35.5. The molecule has 6 rings (SSSR count). The second-order valence-electron chi connectivity index (χ2n) is 6.97. The average Bonchev–Trinajstić information content (AvgIpc) is 3.29. The summed E-state index contributed by atoms with van der Waals surface area (Å²) in [6.07, 6.45) is 7.59. The van der Waals surface area contributed by atoms with Gasteiger partial charge in [0.15, 0.2) is 0 Å². The number of hydrogen-bond donors (Lipinski definition) is 1. The minimum atomic E-state index is -0.0284. The number of imidazole rings is 1. The first-order chi connectivity index (χ1) is 12.7. The molecule has 2 bridgehead atoms. The first-order valence-corrected chi connectivity index (χ1v) is 9.99. The number of hydrogen-bond acceptors (Lipinski definition) is 5. The molecule has 0 aromatic carbocycles. The van der Waals surface area contributed by atoms with Crippen molar-refractivity contribution in [3.63, 3.8) is 0 Å². The Morgan fingerprint density at radius 3 is 2.85 bits per heavy atom. The fraction of sp³-hybridized carbons (Fsp3) is 0.389. The van der Waals surface area contributed by atoms with Gasteiger partial charge < -0.3 is 10.2 Å². The molecule has 3 aromatic heterocycles. The summed E-state index contributed by atoms with van der Waals surface area (Å²) in [6, 6.07) is 3.92. The van der Waals surface area contributed by atoms with Crippen LogP contribution < -0.4 is 5.32 Å². The second-order valence-corrected chi connectivity index (χ2v) is 8.43. The quantitative estimate of drug-likeness (QED) is 0.750. The number of thiazole rings is 1. The summed E-state index contributed by atoms with van der Waals surface area (Å²) in [4.78, 5) is 24.6. The largest absolute Gasteiger partial charge is 0.347 e. The van der Waals surface area contributed by atoms with E-state index in [1.165, 1.54) is 37.3 Å². The highest BCUT2D eigenvalue weighted by Gasteiger charge is 2.35. The number of fused-ring (bicyclic) bond motifs is 4. The van der Waals surface area contributed by atoms with Gasteiger partial charge in [0.25, 0.3) is 5.91 Å². The standard InChI is InChI=1S/C18H18ClN5OS/c19-12-1-2-16-20-7-14(24(16)9-12)18-21-8-15(26-18)17(25)22-13-10-23-5-3-11(13)4-6-23/h1-2,7-9,11,13H,3-6,10H2,(H,22,25). The maximum Gasteiger partial charge on any atom is 0.263 e. The van der Waals surface area contributed by atoms with Crippen LogP contribution in [0.5, 0.6) is 0 Å². The Hall–Kier alpha value is -1.96. The van der Waals surface area contributed by atoms with Crippen molar-refractivity contribution < 1.29 is 4.79 Å². The van der Waals surface area contributed by atoms with Crippen molar-refractivity contribution in [3.05, 3.63) is 40.6 Å². The van der Waals surface area contributed by atoms with Crippen molar-refractivity contribution >= 4 is 34.5 Å². The van der Waals surface area contributed by atoms with Gasteiger partial charge in [-0.1, -0.05) is 11.6 Å². The molecular weight excluding hydrogens is 370 g/mol. The van der Waals surface area contributed by atoms with E-state index in [4.69, 9.17) is 11.6 Å². The lowest BCUT2D eigenvalue weighted by Crippen LogP contribution is -2.57. The van der Waals surface area contributed by atoms with E-state index in [0.717, 1.165) is 22.9 Å². The predicted molar refractivity (Wildman–Crippen MR) is 102 cm³/mol. The van der Waals surface area contributed by atoms with Gasteiger partial charge in [0.2, 0.25) is 0 Å². The van der Waals surface area contributed by atoms with Crippen LogP contribution in [0.3, 0.4) is 0 Å². The van der Waals surface area contributed by atoms with Crippen LogP contribution in [0.25, 0.3) is 16.3 Å². The Kier molecular flexibility index (Phi) is 3.95. The van der Waals surface area contributed by atoms with Gasteiger partial charge in [0.05, 0.1) is 17.4 Å². The Bertz CT molecular complexity index is 975. The monoisotopic (exact) mass is 387 g/mol. The highest BCUT2D eigenvalue weighted by Crippen LogP contribution is 2.29. The van der Waals surface area contributed by atoms with Crippen molar-refractivity contribution in [2.75, 3.05) is 19.6 Å². The van der Waals surface area contributed by atoms with Crippen LogP contribution in [0, 0.1) is 5.92 Å². The molecule has 3 fully saturated rings. The molecule has 1 unspecified atom stereocenters. The molecule has 1 N–H and O–H groups in total. The van der Waals surface area contributed by atoms with E-state index in [-0.39, 0.29) is 11.9 Å². The molecule has 6 nitrogen and oxygen atoms in total. The first-order valence-electron chi connectivity index (χ1n) is 8.79. The second kappa shape index (κ2) is 6.33. The molecule has 3 aliphatic heterocycles. The minimum Gasteiger partial charge on any atom is -0.347 e. The number of carbonyl (C=O) groups is 1. The summed E-state index contributed by atoms with van der Waals surface area (Å²) in [5.41, 5.74) is 1.65. The third kappa shape index (κ3) is 2.80. The van der Waals surface area contributed by atoms with Crippen LogP contribution in [0.2, 0.25) is 5.02 Å². The van der Waals surface area contributed by atoms with Crippen LogP contribution in [0.15, 0.2) is 30.7 Å². The Balaban J connectivity index is 1.37. The predicted octanol–water partition coefficient (Wildman–Crippen LogP) is 2.94. The number of halogens is 1. The third-order valence-corrected chi connectivity index (χ3v) is 6.63. The molecule has 0 radical (unpaired) electrons. The molecule has 1 amide bonds. The van der Waals surface area contributed by atoms with E-state index in [1.54, 1.807) is 12.4 Å². The van der Waals surface area contributed by atoms with E-state index in [1.807, 2.05) is 22.7 Å². The van der Waals surface area contributed by atoms with Crippen molar-refractivity contribution in [2.24, 2.45) is 5.92 Å². The Morgan fingerprint density at radius 2 is 2.08 bits per heavy atom. The molecule has 0 spiro atoms. The first kappa shape index (κ1) is 16.2. The summed E-state index contributed by atoms with van der Waals surface area (Å²) >= 11 is 7.48. The number of nitrogens with one attached hydrogen (secondary N) is 1. The van der Waals surface area contributed by atoms with Gasteiger partial charge in [-0.25, -0.2) is 9.97 Å². The van der Waals surface area contributed by atoms with Crippen molar-refractivity contribution in [1.82, 2.24) is 24.6 Å². The molecule has 3 aromatic rings. The van der Waals surface area contributed by atoms with Crippen LogP contribution in [-0.4, -0.2) is 50.9 Å². The number of aromatic nitrogens is 3. The van der Waals surface area contributed by atoms with Crippen LogP contribution in [-0.2, 0) is 0 Å². The Labute approximate surface area is 159 Å².